The molecule has 0 bridgehead atoms. The van der Waals surface area contributed by atoms with Gasteiger partial charge in [0, 0.05) is 0 Å². The highest BCUT2D eigenvalue weighted by atomic mass is 13.9. The van der Waals surface area contributed by atoms with Crippen LogP contribution in [0.15, 0.2) is 23.3 Å². The van der Waals surface area contributed by atoms with E-state index in [1.807, 2.05) is 20.8 Å². The van der Waals surface area contributed by atoms with Crippen LogP contribution in [0.3, 0.4) is 0 Å². The molecule has 0 N–H and O–H groups in total. The van der Waals surface area contributed by atoms with Gasteiger partial charge in [-0.2, -0.15) is 0 Å². The Labute approximate surface area is 65.7 Å². The second-order valence-corrected chi connectivity index (χ2v) is 2.41. The van der Waals surface area contributed by atoms with Gasteiger partial charge in [0.05, 0.1) is 0 Å². The Morgan fingerprint density at radius 1 is 0.900 bits per heavy atom. The number of allylic oxidation sites excluding steroid dienone is 3. The molecule has 0 spiro atoms. The molecule has 0 aliphatic rings. The molecular formula is C10H20. The van der Waals surface area contributed by atoms with Crippen LogP contribution < -0.4 is 0 Å². The molecule has 0 amide bonds. The lowest BCUT2D eigenvalue weighted by molar-refractivity contribution is 1.23. The molecule has 0 aromatic rings. The first-order valence-electron chi connectivity index (χ1n) is 3.85. The predicted octanol–water partition coefficient (Wildman–Crippen LogP) is 3.95. The molecule has 0 heterocycles. The van der Waals surface area contributed by atoms with E-state index in [2.05, 4.69) is 27.4 Å². The van der Waals surface area contributed by atoms with Crippen molar-refractivity contribution in [1.82, 2.24) is 0 Å². The fraction of sp³-hybridized carbons (Fsp3) is 0.600. The van der Waals surface area contributed by atoms with Gasteiger partial charge in [0.25, 0.3) is 0 Å². The topological polar surface area (TPSA) is 0 Å². The fourth-order valence-electron chi connectivity index (χ4n) is 0.427. The molecule has 0 aliphatic heterocycles. The maximum atomic E-state index is 3.82. The zero-order valence-electron chi connectivity index (χ0n) is 8.21. The summed E-state index contributed by atoms with van der Waals surface area (Å²) >= 11 is 0. The van der Waals surface area contributed by atoms with Crippen molar-refractivity contribution < 1.29 is 0 Å². The molecular weight excluding hydrogens is 120 g/mol. The van der Waals surface area contributed by atoms with Gasteiger partial charge < -0.3 is 0 Å². The van der Waals surface area contributed by atoms with Crippen molar-refractivity contribution in [3.8, 4) is 0 Å². The molecule has 60 valence electrons. The predicted molar refractivity (Wildman–Crippen MR) is 50.2 cm³/mol. The van der Waals surface area contributed by atoms with Crippen molar-refractivity contribution in [1.29, 1.82) is 0 Å². The zero-order chi connectivity index (χ0) is 8.73. The summed E-state index contributed by atoms with van der Waals surface area (Å²) in [6.45, 7) is 16.1. The Kier molecular flexibility index (Phi) is 8.04. The van der Waals surface area contributed by atoms with E-state index in [0.29, 0.717) is 0 Å². The molecule has 0 nitrogen and oxygen atoms in total. The van der Waals surface area contributed by atoms with Crippen LogP contribution in [0, 0.1) is 0 Å². The molecule has 0 aromatic heterocycles. The van der Waals surface area contributed by atoms with E-state index >= 15 is 0 Å². The van der Waals surface area contributed by atoms with Crippen molar-refractivity contribution in [2.24, 2.45) is 0 Å². The first-order chi connectivity index (χ1) is 4.55. The van der Waals surface area contributed by atoms with Crippen LogP contribution in [0.2, 0.25) is 0 Å². The normalized spacial score (nSPS) is 7.40. The molecule has 0 radical (unpaired) electrons. The van der Waals surface area contributed by atoms with E-state index in [9.17, 15) is 0 Å². The van der Waals surface area contributed by atoms with Gasteiger partial charge in [0.1, 0.15) is 0 Å². The third kappa shape index (κ3) is 5.61. The largest absolute Gasteiger partial charge is 0.0959 e. The molecule has 0 unspecified atom stereocenters. The Bertz CT molecular complexity index is 123. The van der Waals surface area contributed by atoms with Crippen LogP contribution in [0.1, 0.15) is 41.5 Å². The molecule has 0 heteroatoms. The summed E-state index contributed by atoms with van der Waals surface area (Å²) in [6, 6.07) is 0. The van der Waals surface area contributed by atoms with Crippen molar-refractivity contribution >= 4 is 0 Å². The molecule has 0 saturated heterocycles. The smallest absolute Gasteiger partial charge is 0.0396 e. The van der Waals surface area contributed by atoms with Crippen molar-refractivity contribution in [2.45, 2.75) is 41.5 Å². The molecule has 0 aliphatic carbocycles. The number of hydrogen-bond donors (Lipinski definition) is 0. The van der Waals surface area contributed by atoms with Gasteiger partial charge in [-0.3, -0.25) is 0 Å². The number of hydrogen-bond acceptors (Lipinski definition) is 0. The van der Waals surface area contributed by atoms with Crippen LogP contribution in [-0.2, 0) is 0 Å². The molecule has 0 rings (SSSR count). The van der Waals surface area contributed by atoms with Gasteiger partial charge in [0.15, 0.2) is 0 Å². The average molecular weight is 140 g/mol. The summed E-state index contributed by atoms with van der Waals surface area (Å²) in [5.74, 6) is 0. The summed E-state index contributed by atoms with van der Waals surface area (Å²) in [5.41, 5.74) is 3.85. The quantitative estimate of drug-likeness (QED) is 0.484. The van der Waals surface area contributed by atoms with E-state index < -0.39 is 0 Å². The van der Waals surface area contributed by atoms with Crippen molar-refractivity contribution in [3.05, 3.63) is 23.3 Å². The highest BCUT2D eigenvalue weighted by Crippen LogP contribution is 2.09. The minimum atomic E-state index is 1.17. The minimum Gasteiger partial charge on any atom is -0.0959 e. The first-order valence-corrected chi connectivity index (χ1v) is 3.85. The number of rotatable bonds is 1. The monoisotopic (exact) mass is 140 g/mol. The third-order valence-corrected chi connectivity index (χ3v) is 1.39. The minimum absolute atomic E-state index is 1.17. The third-order valence-electron chi connectivity index (χ3n) is 1.39. The fourth-order valence-corrected chi connectivity index (χ4v) is 0.427. The van der Waals surface area contributed by atoms with E-state index in [1.54, 1.807) is 0 Å². The summed E-state index contributed by atoms with van der Waals surface area (Å²) < 4.78 is 0. The lowest BCUT2D eigenvalue weighted by Crippen LogP contribution is -1.78. The highest BCUT2D eigenvalue weighted by molar-refractivity contribution is 5.27. The molecule has 0 atom stereocenters. The Morgan fingerprint density at radius 3 is 1.20 bits per heavy atom. The summed E-state index contributed by atoms with van der Waals surface area (Å²) in [6.07, 6.45) is 0. The van der Waals surface area contributed by atoms with Crippen LogP contribution in [0.5, 0.6) is 0 Å². The summed E-state index contributed by atoms with van der Waals surface area (Å²) in [4.78, 5) is 0. The van der Waals surface area contributed by atoms with Crippen molar-refractivity contribution in [2.75, 3.05) is 0 Å². The van der Waals surface area contributed by atoms with Gasteiger partial charge in [-0.1, -0.05) is 37.1 Å². The lowest BCUT2D eigenvalue weighted by atomic mass is 10.1. The van der Waals surface area contributed by atoms with Crippen LogP contribution in [0.25, 0.3) is 0 Å². The maximum Gasteiger partial charge on any atom is -0.0396 e. The van der Waals surface area contributed by atoms with Crippen molar-refractivity contribution in [3.63, 3.8) is 0 Å². The molecule has 10 heavy (non-hydrogen) atoms. The van der Waals surface area contributed by atoms with Crippen LogP contribution >= 0.6 is 0 Å². The second kappa shape index (κ2) is 6.60. The van der Waals surface area contributed by atoms with E-state index in [-0.39, 0.29) is 0 Å². The Morgan fingerprint density at radius 2 is 1.20 bits per heavy atom. The highest BCUT2D eigenvalue weighted by Gasteiger charge is 1.88. The standard InChI is InChI=1S/C8H14.C2H6/c1-6(2)8(5)7(3)4;1-2/h1H2,2-5H3;1-2H3. The van der Waals surface area contributed by atoms with Gasteiger partial charge in [0.2, 0.25) is 0 Å². The second-order valence-electron chi connectivity index (χ2n) is 2.41. The Hall–Kier alpha value is -0.520. The molecule has 0 fully saturated rings. The van der Waals surface area contributed by atoms with Gasteiger partial charge >= 0.3 is 0 Å². The summed E-state index contributed by atoms with van der Waals surface area (Å²) in [5, 5.41) is 0. The van der Waals surface area contributed by atoms with Crippen LogP contribution in [0.4, 0.5) is 0 Å². The first kappa shape index (κ1) is 12.2. The van der Waals surface area contributed by atoms with Crippen LogP contribution in [-0.4, -0.2) is 0 Å². The maximum absolute atomic E-state index is 3.82. The Balaban J connectivity index is 0. The SMILES string of the molecule is C=C(C)C(C)=C(C)C.CC. The van der Waals surface area contributed by atoms with Gasteiger partial charge in [-0.15, -0.1) is 0 Å². The van der Waals surface area contributed by atoms with E-state index in [1.165, 1.54) is 16.7 Å². The van der Waals surface area contributed by atoms with Gasteiger partial charge in [-0.25, -0.2) is 0 Å². The van der Waals surface area contributed by atoms with E-state index in [0.717, 1.165) is 0 Å². The van der Waals surface area contributed by atoms with Gasteiger partial charge in [-0.05, 0) is 27.7 Å². The van der Waals surface area contributed by atoms with E-state index in [4.69, 9.17) is 0 Å². The zero-order valence-corrected chi connectivity index (χ0v) is 8.21. The molecule has 0 saturated carbocycles. The molecule has 0 aromatic carbocycles. The average Bonchev–Trinajstić information content (AvgIpc) is 1.90. The summed E-state index contributed by atoms with van der Waals surface area (Å²) in [7, 11) is 0. The lowest BCUT2D eigenvalue weighted by Gasteiger charge is -1.99.